The molecule has 0 amide bonds. The first-order valence-electron chi connectivity index (χ1n) is 6.47. The average Bonchev–Trinajstić information content (AvgIpc) is 2.74. The van der Waals surface area contributed by atoms with E-state index < -0.39 is 0 Å². The maximum absolute atomic E-state index is 5.98. The molecule has 0 aliphatic heterocycles. The third-order valence-electron chi connectivity index (χ3n) is 3.86. The molecule has 1 aliphatic rings. The van der Waals surface area contributed by atoms with Crippen molar-refractivity contribution in [2.75, 3.05) is 6.26 Å². The summed E-state index contributed by atoms with van der Waals surface area (Å²) in [5, 5.41) is 1.44. The van der Waals surface area contributed by atoms with Crippen LogP contribution in [0.3, 0.4) is 0 Å². The number of aromatic amines is 1. The lowest BCUT2D eigenvalue weighted by atomic mass is 9.95. The quantitative estimate of drug-likeness (QED) is 0.823. The highest BCUT2D eigenvalue weighted by molar-refractivity contribution is 7.99. The van der Waals surface area contributed by atoms with Crippen LogP contribution in [0, 0.1) is 4.77 Å². The van der Waals surface area contributed by atoms with Gasteiger partial charge in [0.15, 0.2) is 10.4 Å². The van der Waals surface area contributed by atoms with Gasteiger partial charge in [0.1, 0.15) is 0 Å². The number of halogens is 1. The largest absolute Gasteiger partial charge is 0.329 e. The third kappa shape index (κ3) is 2.56. The van der Waals surface area contributed by atoms with Crippen LogP contribution in [0.4, 0.5) is 0 Å². The lowest BCUT2D eigenvalue weighted by Gasteiger charge is -2.28. The number of nitrogens with one attached hydrogen (secondary N) is 1. The minimum atomic E-state index is 0.471. The highest BCUT2D eigenvalue weighted by Gasteiger charge is 2.24. The molecule has 6 heteroatoms. The first-order chi connectivity index (χ1) is 9.19. The minimum Gasteiger partial charge on any atom is -0.329 e. The second kappa shape index (κ2) is 5.46. The Balaban J connectivity index is 1.97. The molecule has 2 aromatic rings. The summed E-state index contributed by atoms with van der Waals surface area (Å²) in [5.41, 5.74) is 1.87. The van der Waals surface area contributed by atoms with Gasteiger partial charge in [-0.05, 0) is 50.2 Å². The normalized spacial score (nSPS) is 23.9. The zero-order valence-corrected chi connectivity index (χ0v) is 13.1. The molecule has 1 aliphatic carbocycles. The predicted molar refractivity (Wildman–Crippen MR) is 84.7 cm³/mol. The highest BCUT2D eigenvalue weighted by atomic mass is 35.5. The average molecular weight is 314 g/mol. The molecular weight excluding hydrogens is 298 g/mol. The lowest BCUT2D eigenvalue weighted by Crippen LogP contribution is -2.19. The van der Waals surface area contributed by atoms with Crippen molar-refractivity contribution in [3.63, 3.8) is 0 Å². The van der Waals surface area contributed by atoms with Gasteiger partial charge >= 0.3 is 0 Å². The molecule has 3 nitrogen and oxygen atoms in total. The standard InChI is InChI=1S/C13H16ClN3S2/c1-19-10-4-2-9(3-5-10)17-12-11(16-13(17)18)6-8(14)7-15-12/h6-7,9-10H,2-5H2,1H3,(H,16,18). The van der Waals surface area contributed by atoms with E-state index in [2.05, 4.69) is 20.8 Å². The summed E-state index contributed by atoms with van der Waals surface area (Å²) in [6, 6.07) is 2.36. The van der Waals surface area contributed by atoms with Crippen LogP contribution in [0.2, 0.25) is 5.02 Å². The molecule has 0 unspecified atom stereocenters. The Morgan fingerprint density at radius 2 is 2.16 bits per heavy atom. The smallest absolute Gasteiger partial charge is 0.179 e. The first kappa shape index (κ1) is 13.5. The van der Waals surface area contributed by atoms with E-state index >= 15 is 0 Å². The van der Waals surface area contributed by atoms with Gasteiger partial charge in [0.05, 0.1) is 10.5 Å². The minimum absolute atomic E-state index is 0.471. The molecule has 1 fully saturated rings. The summed E-state index contributed by atoms with van der Waals surface area (Å²) in [7, 11) is 0. The Morgan fingerprint density at radius 1 is 1.42 bits per heavy atom. The summed E-state index contributed by atoms with van der Waals surface area (Å²) in [5.74, 6) is 0. The fourth-order valence-electron chi connectivity index (χ4n) is 2.87. The molecule has 2 heterocycles. The van der Waals surface area contributed by atoms with E-state index in [4.69, 9.17) is 23.8 Å². The van der Waals surface area contributed by atoms with Crippen molar-refractivity contribution in [2.45, 2.75) is 37.0 Å². The van der Waals surface area contributed by atoms with Gasteiger partial charge in [0.2, 0.25) is 0 Å². The van der Waals surface area contributed by atoms with Crippen LogP contribution in [0.5, 0.6) is 0 Å². The summed E-state index contributed by atoms with van der Waals surface area (Å²) in [6.45, 7) is 0. The van der Waals surface area contributed by atoms with Gasteiger partial charge in [-0.3, -0.25) is 4.57 Å². The second-order valence-corrected chi connectivity index (χ2v) is 6.95. The molecular formula is C13H16ClN3S2. The SMILES string of the molecule is CSC1CCC(n2c(=S)[nH]c3cc(Cl)cnc32)CC1. The van der Waals surface area contributed by atoms with Crippen LogP contribution in [-0.4, -0.2) is 26.0 Å². The number of pyridine rings is 1. The predicted octanol–water partition coefficient (Wildman–Crippen LogP) is 4.59. The van der Waals surface area contributed by atoms with Gasteiger partial charge in [-0.1, -0.05) is 11.6 Å². The Hall–Kier alpha value is -0.520. The molecule has 1 N–H and O–H groups in total. The van der Waals surface area contributed by atoms with E-state index in [0.717, 1.165) is 21.2 Å². The zero-order valence-electron chi connectivity index (χ0n) is 10.7. The van der Waals surface area contributed by atoms with E-state index in [1.54, 1.807) is 6.20 Å². The summed E-state index contributed by atoms with van der Waals surface area (Å²) >= 11 is 13.4. The van der Waals surface area contributed by atoms with Crippen molar-refractivity contribution in [3.8, 4) is 0 Å². The Kier molecular flexibility index (Phi) is 3.87. The van der Waals surface area contributed by atoms with Crippen molar-refractivity contribution in [1.29, 1.82) is 0 Å². The van der Waals surface area contributed by atoms with E-state index in [1.807, 2.05) is 17.8 Å². The van der Waals surface area contributed by atoms with E-state index in [-0.39, 0.29) is 0 Å². The van der Waals surface area contributed by atoms with Gasteiger partial charge in [-0.2, -0.15) is 11.8 Å². The fraction of sp³-hybridized carbons (Fsp3) is 0.538. The summed E-state index contributed by atoms with van der Waals surface area (Å²) in [4.78, 5) is 7.66. The number of nitrogens with zero attached hydrogens (tertiary/aromatic N) is 2. The van der Waals surface area contributed by atoms with Crippen molar-refractivity contribution in [3.05, 3.63) is 22.1 Å². The van der Waals surface area contributed by atoms with E-state index in [0.29, 0.717) is 11.1 Å². The zero-order chi connectivity index (χ0) is 13.4. The first-order valence-corrected chi connectivity index (χ1v) is 8.55. The second-order valence-electron chi connectivity index (χ2n) is 4.99. The molecule has 0 saturated heterocycles. The highest BCUT2D eigenvalue weighted by Crippen LogP contribution is 2.35. The maximum atomic E-state index is 5.98. The van der Waals surface area contributed by atoms with E-state index in [9.17, 15) is 0 Å². The van der Waals surface area contributed by atoms with Crippen LogP contribution in [-0.2, 0) is 0 Å². The molecule has 3 rings (SSSR count). The number of H-pyrrole nitrogens is 1. The van der Waals surface area contributed by atoms with Crippen LogP contribution in [0.15, 0.2) is 12.3 Å². The van der Waals surface area contributed by atoms with Gasteiger partial charge in [0, 0.05) is 17.5 Å². The van der Waals surface area contributed by atoms with Crippen LogP contribution in [0.1, 0.15) is 31.7 Å². The van der Waals surface area contributed by atoms with E-state index in [1.165, 1.54) is 25.7 Å². The Labute approximate surface area is 126 Å². The van der Waals surface area contributed by atoms with Gasteiger partial charge in [-0.15, -0.1) is 0 Å². The molecule has 19 heavy (non-hydrogen) atoms. The molecule has 0 radical (unpaired) electrons. The van der Waals surface area contributed by atoms with Crippen LogP contribution < -0.4 is 0 Å². The van der Waals surface area contributed by atoms with Crippen LogP contribution >= 0.6 is 35.6 Å². The Morgan fingerprint density at radius 3 is 2.84 bits per heavy atom. The van der Waals surface area contributed by atoms with Crippen molar-refractivity contribution in [1.82, 2.24) is 14.5 Å². The molecule has 1 saturated carbocycles. The van der Waals surface area contributed by atoms with Crippen molar-refractivity contribution < 1.29 is 0 Å². The molecule has 2 aromatic heterocycles. The van der Waals surface area contributed by atoms with Crippen molar-refractivity contribution in [2.24, 2.45) is 0 Å². The summed E-state index contributed by atoms with van der Waals surface area (Å²) < 4.78 is 2.94. The molecule has 0 atom stereocenters. The molecule has 0 aromatic carbocycles. The fourth-order valence-corrected chi connectivity index (χ4v) is 4.11. The molecule has 0 bridgehead atoms. The van der Waals surface area contributed by atoms with Gasteiger partial charge in [-0.25, -0.2) is 4.98 Å². The number of thioether (sulfide) groups is 1. The van der Waals surface area contributed by atoms with Crippen LogP contribution in [0.25, 0.3) is 11.2 Å². The molecule has 102 valence electrons. The molecule has 0 spiro atoms. The van der Waals surface area contributed by atoms with Gasteiger partial charge in [0.25, 0.3) is 0 Å². The third-order valence-corrected chi connectivity index (χ3v) is 5.51. The number of imidazole rings is 1. The number of aromatic nitrogens is 3. The lowest BCUT2D eigenvalue weighted by molar-refractivity contribution is 0.362. The van der Waals surface area contributed by atoms with Gasteiger partial charge < -0.3 is 4.98 Å². The number of rotatable bonds is 2. The number of fused-ring (bicyclic) bond motifs is 1. The monoisotopic (exact) mass is 313 g/mol. The van der Waals surface area contributed by atoms with Crippen molar-refractivity contribution >= 4 is 46.7 Å². The summed E-state index contributed by atoms with van der Waals surface area (Å²) in [6.07, 6.45) is 8.76. The Bertz CT molecular complexity index is 641. The topological polar surface area (TPSA) is 33.6 Å². The number of hydrogen-bond acceptors (Lipinski definition) is 3. The maximum Gasteiger partial charge on any atom is 0.179 e. The number of hydrogen-bond donors (Lipinski definition) is 1.